The Labute approximate surface area is 121 Å². The lowest BCUT2D eigenvalue weighted by Gasteiger charge is -2.14. The summed E-state index contributed by atoms with van der Waals surface area (Å²) in [5, 5.41) is 0. The number of carbonyl (C=O) groups excluding carboxylic acids is 2. The maximum absolute atomic E-state index is 11.2. The number of ether oxygens (including phenoxy) is 2. The fraction of sp³-hybridized carbons (Fsp3) is 0.750. The maximum atomic E-state index is 11.2. The molecule has 0 saturated carbocycles. The number of carbonyl (C=O) groups is 2. The van der Waals surface area contributed by atoms with E-state index in [9.17, 15) is 9.59 Å². The number of hydrogen-bond acceptors (Lipinski definition) is 4. The van der Waals surface area contributed by atoms with Crippen molar-refractivity contribution in [3.8, 4) is 0 Å². The van der Waals surface area contributed by atoms with Gasteiger partial charge in [0.1, 0.15) is 12.0 Å². The number of allylic oxidation sites excluding steroid dienone is 1. The zero-order valence-corrected chi connectivity index (χ0v) is 12.7. The van der Waals surface area contributed by atoms with Gasteiger partial charge in [-0.1, -0.05) is 32.6 Å². The highest BCUT2D eigenvalue weighted by atomic mass is 16.5. The van der Waals surface area contributed by atoms with Crippen molar-refractivity contribution < 1.29 is 19.1 Å². The maximum Gasteiger partial charge on any atom is 0.307 e. The summed E-state index contributed by atoms with van der Waals surface area (Å²) in [5.74, 6) is 0.522. The first kappa shape index (κ1) is 16.9. The molecule has 0 N–H and O–H groups in total. The van der Waals surface area contributed by atoms with Crippen molar-refractivity contribution in [1.82, 2.24) is 0 Å². The second kappa shape index (κ2) is 9.70. The zero-order valence-electron chi connectivity index (χ0n) is 12.7. The lowest BCUT2D eigenvalue weighted by atomic mass is 9.96. The molecule has 1 heterocycles. The molecule has 0 aromatic carbocycles. The lowest BCUT2D eigenvalue weighted by molar-refractivity contribution is -0.137. The van der Waals surface area contributed by atoms with Crippen LogP contribution in [0.3, 0.4) is 0 Å². The largest absolute Gasteiger partial charge is 0.431 e. The van der Waals surface area contributed by atoms with Gasteiger partial charge in [-0.05, 0) is 12.0 Å². The molecule has 0 aromatic rings. The van der Waals surface area contributed by atoms with Crippen molar-refractivity contribution >= 4 is 12.3 Å². The van der Waals surface area contributed by atoms with Crippen LogP contribution < -0.4 is 0 Å². The van der Waals surface area contributed by atoms with Crippen molar-refractivity contribution in [2.24, 2.45) is 5.92 Å². The van der Waals surface area contributed by atoms with E-state index in [1.54, 1.807) is 0 Å². The van der Waals surface area contributed by atoms with Gasteiger partial charge in [0.15, 0.2) is 0 Å². The molecule has 1 saturated heterocycles. The van der Waals surface area contributed by atoms with E-state index in [4.69, 9.17) is 9.47 Å². The van der Waals surface area contributed by atoms with Gasteiger partial charge in [0.25, 0.3) is 0 Å². The van der Waals surface area contributed by atoms with Gasteiger partial charge >= 0.3 is 5.97 Å². The number of esters is 1. The third-order valence-electron chi connectivity index (χ3n) is 3.58. The molecule has 0 radical (unpaired) electrons. The second-order valence-corrected chi connectivity index (χ2v) is 5.32. The summed E-state index contributed by atoms with van der Waals surface area (Å²) in [4.78, 5) is 21.9. The summed E-state index contributed by atoms with van der Waals surface area (Å²) in [6, 6.07) is 0. The lowest BCUT2D eigenvalue weighted by Crippen LogP contribution is -2.10. The van der Waals surface area contributed by atoms with Crippen LogP contribution in [0.4, 0.5) is 0 Å². The van der Waals surface area contributed by atoms with Crippen LogP contribution in [0.25, 0.3) is 0 Å². The molecule has 4 heteroatoms. The van der Waals surface area contributed by atoms with E-state index in [1.807, 2.05) is 0 Å². The third kappa shape index (κ3) is 5.87. The van der Waals surface area contributed by atoms with Gasteiger partial charge in [0, 0.05) is 25.7 Å². The SMILES string of the molecule is CCCCCCC/C(OC(C)=O)=C1/COCC1CC=O. The molecule has 0 bridgehead atoms. The van der Waals surface area contributed by atoms with Crippen LogP contribution in [-0.4, -0.2) is 25.5 Å². The van der Waals surface area contributed by atoms with E-state index in [0.717, 1.165) is 36.9 Å². The van der Waals surface area contributed by atoms with E-state index in [-0.39, 0.29) is 11.9 Å². The fourth-order valence-electron chi connectivity index (χ4n) is 2.50. The summed E-state index contributed by atoms with van der Waals surface area (Å²) in [5.41, 5.74) is 1.00. The van der Waals surface area contributed by atoms with E-state index in [0.29, 0.717) is 19.6 Å². The Morgan fingerprint density at radius 2 is 2.10 bits per heavy atom. The molecule has 0 aromatic heterocycles. The standard InChI is InChI=1S/C16H26O4/c1-3-4-5-6-7-8-16(20-13(2)18)15-12-19-11-14(15)9-10-17/h10,14H,3-9,11-12H2,1-2H3/b16-15+. The molecule has 1 rings (SSSR count). The monoisotopic (exact) mass is 282 g/mol. The Hall–Kier alpha value is -1.16. The Bertz CT molecular complexity index is 346. The summed E-state index contributed by atoms with van der Waals surface area (Å²) < 4.78 is 10.8. The predicted molar refractivity (Wildman–Crippen MR) is 77.2 cm³/mol. The van der Waals surface area contributed by atoms with E-state index < -0.39 is 0 Å². The molecular weight excluding hydrogens is 256 g/mol. The van der Waals surface area contributed by atoms with Crippen LogP contribution >= 0.6 is 0 Å². The van der Waals surface area contributed by atoms with Crippen LogP contribution in [0.5, 0.6) is 0 Å². The Morgan fingerprint density at radius 1 is 1.35 bits per heavy atom. The Kier molecular flexibility index (Phi) is 8.19. The van der Waals surface area contributed by atoms with Gasteiger partial charge in [0.2, 0.25) is 0 Å². The summed E-state index contributed by atoms with van der Waals surface area (Å²) in [7, 11) is 0. The van der Waals surface area contributed by atoms with E-state index >= 15 is 0 Å². The molecule has 20 heavy (non-hydrogen) atoms. The van der Waals surface area contributed by atoms with Crippen molar-refractivity contribution in [1.29, 1.82) is 0 Å². The molecular formula is C16H26O4. The number of hydrogen-bond donors (Lipinski definition) is 0. The normalized spacial score (nSPS) is 20.8. The first-order valence-electron chi connectivity index (χ1n) is 7.60. The minimum Gasteiger partial charge on any atom is -0.431 e. The molecule has 1 atom stereocenters. The molecule has 0 spiro atoms. The molecule has 1 unspecified atom stereocenters. The number of rotatable bonds is 9. The van der Waals surface area contributed by atoms with E-state index in [2.05, 4.69) is 6.92 Å². The molecule has 1 aliphatic rings. The minimum absolute atomic E-state index is 0.0810. The first-order valence-corrected chi connectivity index (χ1v) is 7.60. The minimum atomic E-state index is -0.294. The predicted octanol–water partition coefficient (Wildman–Crippen LogP) is 3.40. The van der Waals surface area contributed by atoms with Crippen LogP contribution in [0.15, 0.2) is 11.3 Å². The highest BCUT2D eigenvalue weighted by Crippen LogP contribution is 2.28. The van der Waals surface area contributed by atoms with Gasteiger partial charge in [-0.25, -0.2) is 0 Å². The van der Waals surface area contributed by atoms with E-state index in [1.165, 1.54) is 26.2 Å². The van der Waals surface area contributed by atoms with Crippen molar-refractivity contribution in [3.63, 3.8) is 0 Å². The van der Waals surface area contributed by atoms with Crippen LogP contribution in [-0.2, 0) is 19.1 Å². The highest BCUT2D eigenvalue weighted by Gasteiger charge is 2.26. The summed E-state index contributed by atoms with van der Waals surface area (Å²) in [6.07, 6.45) is 7.95. The average molecular weight is 282 g/mol. The Morgan fingerprint density at radius 3 is 2.75 bits per heavy atom. The van der Waals surface area contributed by atoms with Gasteiger partial charge in [-0.15, -0.1) is 0 Å². The summed E-state index contributed by atoms with van der Waals surface area (Å²) >= 11 is 0. The Balaban J connectivity index is 2.61. The topological polar surface area (TPSA) is 52.6 Å². The smallest absolute Gasteiger partial charge is 0.307 e. The first-order chi connectivity index (χ1) is 9.69. The van der Waals surface area contributed by atoms with Crippen molar-refractivity contribution in [2.45, 2.75) is 58.8 Å². The average Bonchev–Trinajstić information content (AvgIpc) is 2.85. The van der Waals surface area contributed by atoms with Gasteiger partial charge in [-0.3, -0.25) is 4.79 Å². The van der Waals surface area contributed by atoms with Crippen LogP contribution in [0.2, 0.25) is 0 Å². The molecule has 0 aliphatic carbocycles. The molecule has 114 valence electrons. The van der Waals surface area contributed by atoms with Crippen LogP contribution in [0.1, 0.15) is 58.8 Å². The van der Waals surface area contributed by atoms with Gasteiger partial charge < -0.3 is 14.3 Å². The number of unbranched alkanes of at least 4 members (excludes halogenated alkanes) is 4. The molecule has 0 amide bonds. The zero-order chi connectivity index (χ0) is 14.8. The van der Waals surface area contributed by atoms with Crippen LogP contribution in [0, 0.1) is 5.92 Å². The molecule has 1 aliphatic heterocycles. The number of aldehydes is 1. The highest BCUT2D eigenvalue weighted by molar-refractivity contribution is 5.67. The summed E-state index contributed by atoms with van der Waals surface area (Å²) in [6.45, 7) is 4.64. The van der Waals surface area contributed by atoms with Crippen molar-refractivity contribution in [2.75, 3.05) is 13.2 Å². The van der Waals surface area contributed by atoms with Gasteiger partial charge in [0.05, 0.1) is 13.2 Å². The molecule has 1 fully saturated rings. The van der Waals surface area contributed by atoms with Gasteiger partial charge in [-0.2, -0.15) is 0 Å². The third-order valence-corrected chi connectivity index (χ3v) is 3.58. The van der Waals surface area contributed by atoms with Crippen molar-refractivity contribution in [3.05, 3.63) is 11.3 Å². The quantitative estimate of drug-likeness (QED) is 0.281. The molecule has 4 nitrogen and oxygen atoms in total. The fourth-order valence-corrected chi connectivity index (χ4v) is 2.50. The second-order valence-electron chi connectivity index (χ2n) is 5.32.